The minimum Gasteiger partial charge on any atom is -0.376 e. The van der Waals surface area contributed by atoms with E-state index in [-0.39, 0.29) is 10.7 Å². The first kappa shape index (κ1) is 12.5. The van der Waals surface area contributed by atoms with Crippen molar-refractivity contribution in [2.45, 2.75) is 0 Å². The number of rotatable bonds is 1. The van der Waals surface area contributed by atoms with Crippen molar-refractivity contribution in [2.75, 3.05) is 0 Å². The van der Waals surface area contributed by atoms with Crippen LogP contribution in [0.4, 0.5) is 0 Å². The molecule has 0 saturated heterocycles. The molecule has 3 rings (SSSR count). The number of hydrogen-bond acceptors (Lipinski definition) is 4. The molecule has 3 aromatic rings. The Bertz CT molecular complexity index is 880. The summed E-state index contributed by atoms with van der Waals surface area (Å²) in [6.07, 6.45) is 4.70. The molecule has 2 aromatic heterocycles. The number of aromatic nitrogens is 4. The van der Waals surface area contributed by atoms with Crippen molar-refractivity contribution >= 4 is 28.2 Å². The molecule has 0 radical (unpaired) electrons. The maximum absolute atomic E-state index is 12.3. The topological polar surface area (TPSA) is 78.7 Å². The molecule has 2 heterocycles. The summed E-state index contributed by atoms with van der Waals surface area (Å²) in [5.41, 5.74) is 7.18. The number of benzene rings is 1. The van der Waals surface area contributed by atoms with Crippen molar-refractivity contribution in [1.29, 1.82) is 0 Å². The molecule has 0 bridgehead atoms. The van der Waals surface area contributed by atoms with Crippen LogP contribution < -0.4 is 11.3 Å². The van der Waals surface area contributed by atoms with E-state index in [1.807, 2.05) is 25.2 Å². The molecule has 0 fully saturated rings. The zero-order chi connectivity index (χ0) is 14.3. The van der Waals surface area contributed by atoms with E-state index >= 15 is 0 Å². The summed E-state index contributed by atoms with van der Waals surface area (Å²) < 4.78 is 2.97. The number of nitrogens with zero attached hydrogens (tertiary/aromatic N) is 4. The predicted molar refractivity (Wildman–Crippen MR) is 80.4 cm³/mol. The second-order valence-electron chi connectivity index (χ2n) is 4.33. The van der Waals surface area contributed by atoms with Gasteiger partial charge in [0.15, 0.2) is 5.11 Å². The summed E-state index contributed by atoms with van der Waals surface area (Å²) in [6.45, 7) is 0. The van der Waals surface area contributed by atoms with Gasteiger partial charge in [0.1, 0.15) is 5.69 Å². The van der Waals surface area contributed by atoms with Crippen molar-refractivity contribution < 1.29 is 0 Å². The van der Waals surface area contributed by atoms with E-state index in [1.165, 1.54) is 17.0 Å². The molecule has 2 N–H and O–H groups in total. The Morgan fingerprint density at radius 1 is 1.40 bits per heavy atom. The summed E-state index contributed by atoms with van der Waals surface area (Å²) in [5, 5.41) is 5.11. The lowest BCUT2D eigenvalue weighted by molar-refractivity contribution is 0.797. The fourth-order valence-corrected chi connectivity index (χ4v) is 2.24. The van der Waals surface area contributed by atoms with Gasteiger partial charge in [0.25, 0.3) is 5.56 Å². The lowest BCUT2D eigenvalue weighted by atomic mass is 10.1. The molecular formula is C13H11N5OS. The van der Waals surface area contributed by atoms with E-state index in [0.29, 0.717) is 11.3 Å². The van der Waals surface area contributed by atoms with Crippen molar-refractivity contribution in [3.63, 3.8) is 0 Å². The van der Waals surface area contributed by atoms with Gasteiger partial charge in [0.2, 0.25) is 0 Å². The quantitative estimate of drug-likeness (QED) is 0.672. The second-order valence-corrected chi connectivity index (χ2v) is 4.75. The van der Waals surface area contributed by atoms with Gasteiger partial charge >= 0.3 is 0 Å². The molecule has 0 unspecified atom stereocenters. The lowest BCUT2D eigenvalue weighted by Crippen LogP contribution is -2.32. The fourth-order valence-electron chi connectivity index (χ4n) is 2.09. The van der Waals surface area contributed by atoms with Crippen LogP contribution in [0, 0.1) is 0 Å². The molecule has 0 aliphatic carbocycles. The largest absolute Gasteiger partial charge is 0.376 e. The van der Waals surface area contributed by atoms with E-state index in [0.717, 1.165) is 10.9 Å². The van der Waals surface area contributed by atoms with Crippen LogP contribution in [0.15, 0.2) is 41.6 Å². The number of nitrogens with two attached hydrogens (primary N) is 1. The van der Waals surface area contributed by atoms with Gasteiger partial charge in [0.05, 0.1) is 11.7 Å². The Morgan fingerprint density at radius 2 is 2.20 bits per heavy atom. The minimum absolute atomic E-state index is 0.00102. The number of thiocarbonyl (C=S) groups is 1. The lowest BCUT2D eigenvalue weighted by Gasteiger charge is -2.05. The summed E-state index contributed by atoms with van der Waals surface area (Å²) >= 11 is 4.84. The first-order valence-corrected chi connectivity index (χ1v) is 6.28. The number of aryl methyl sites for hydroxylation is 1. The third kappa shape index (κ3) is 1.88. The van der Waals surface area contributed by atoms with Crippen LogP contribution >= 0.6 is 12.2 Å². The van der Waals surface area contributed by atoms with Crippen LogP contribution in [-0.2, 0) is 7.05 Å². The monoisotopic (exact) mass is 285 g/mol. The van der Waals surface area contributed by atoms with Gasteiger partial charge in [-0.3, -0.25) is 14.0 Å². The van der Waals surface area contributed by atoms with Crippen LogP contribution in [-0.4, -0.2) is 24.4 Å². The predicted octanol–water partition coefficient (Wildman–Crippen LogP) is 0.889. The first-order chi connectivity index (χ1) is 9.58. The highest BCUT2D eigenvalue weighted by Gasteiger charge is 2.10. The van der Waals surface area contributed by atoms with Gasteiger partial charge in [-0.05, 0) is 24.4 Å². The van der Waals surface area contributed by atoms with Gasteiger partial charge in [-0.1, -0.05) is 6.07 Å². The smallest absolute Gasteiger partial charge is 0.283 e. The Kier molecular flexibility index (Phi) is 2.83. The maximum atomic E-state index is 12.3. The highest BCUT2D eigenvalue weighted by molar-refractivity contribution is 7.80. The van der Waals surface area contributed by atoms with Gasteiger partial charge in [0, 0.05) is 30.4 Å². The van der Waals surface area contributed by atoms with Crippen molar-refractivity contribution in [3.8, 4) is 11.3 Å². The van der Waals surface area contributed by atoms with E-state index in [4.69, 9.17) is 18.0 Å². The normalized spacial score (nSPS) is 10.8. The van der Waals surface area contributed by atoms with Crippen molar-refractivity contribution in [3.05, 3.63) is 47.1 Å². The van der Waals surface area contributed by atoms with Crippen LogP contribution in [0.5, 0.6) is 0 Å². The van der Waals surface area contributed by atoms with E-state index < -0.39 is 0 Å². The molecule has 0 amide bonds. The van der Waals surface area contributed by atoms with Crippen molar-refractivity contribution in [1.82, 2.24) is 19.3 Å². The third-order valence-corrected chi connectivity index (χ3v) is 3.29. The molecule has 7 heteroatoms. The Labute approximate surface area is 119 Å². The van der Waals surface area contributed by atoms with Crippen LogP contribution in [0.25, 0.3) is 22.2 Å². The van der Waals surface area contributed by atoms with E-state index in [9.17, 15) is 4.79 Å². The Balaban J connectivity index is 2.23. The van der Waals surface area contributed by atoms with Gasteiger partial charge in [-0.25, -0.2) is 4.98 Å². The summed E-state index contributed by atoms with van der Waals surface area (Å²) in [6, 6.07) is 5.60. The fraction of sp³-hybridized carbons (Fsp3) is 0.0769. The zero-order valence-corrected chi connectivity index (χ0v) is 11.5. The average molecular weight is 285 g/mol. The van der Waals surface area contributed by atoms with Gasteiger partial charge < -0.3 is 5.73 Å². The SMILES string of the molecule is Cn1ncc2cc(-c3nccn(C(N)=S)c3=O)ccc21. The molecule has 0 spiro atoms. The maximum Gasteiger partial charge on any atom is 0.283 e. The standard InChI is InChI=1S/C13H11N5OS/c1-17-10-3-2-8(6-9(10)7-16-17)11-12(19)18(13(14)20)5-4-15-11/h2-7H,1H3,(H2,14,20). The summed E-state index contributed by atoms with van der Waals surface area (Å²) in [5.74, 6) is 0. The highest BCUT2D eigenvalue weighted by atomic mass is 32.1. The molecule has 20 heavy (non-hydrogen) atoms. The van der Waals surface area contributed by atoms with Crippen LogP contribution in [0.3, 0.4) is 0 Å². The van der Waals surface area contributed by atoms with Crippen molar-refractivity contribution in [2.24, 2.45) is 12.8 Å². The molecule has 0 aliphatic rings. The number of hydrogen-bond donors (Lipinski definition) is 1. The van der Waals surface area contributed by atoms with Crippen LogP contribution in [0.2, 0.25) is 0 Å². The average Bonchev–Trinajstić information content (AvgIpc) is 2.80. The van der Waals surface area contributed by atoms with E-state index in [1.54, 1.807) is 10.9 Å². The highest BCUT2D eigenvalue weighted by Crippen LogP contribution is 2.20. The minimum atomic E-state index is -0.330. The Morgan fingerprint density at radius 3 is 2.95 bits per heavy atom. The summed E-state index contributed by atoms with van der Waals surface area (Å²) in [4.78, 5) is 16.4. The number of fused-ring (bicyclic) bond motifs is 1. The molecular weight excluding hydrogens is 274 g/mol. The molecule has 0 saturated carbocycles. The first-order valence-electron chi connectivity index (χ1n) is 5.87. The molecule has 0 aliphatic heterocycles. The molecule has 6 nitrogen and oxygen atoms in total. The third-order valence-electron chi connectivity index (χ3n) is 3.10. The second kappa shape index (κ2) is 4.53. The molecule has 100 valence electrons. The Hall–Kier alpha value is -2.54. The van der Waals surface area contributed by atoms with E-state index in [2.05, 4.69) is 10.1 Å². The molecule has 1 aromatic carbocycles. The zero-order valence-electron chi connectivity index (χ0n) is 10.6. The van der Waals surface area contributed by atoms with Gasteiger partial charge in [-0.2, -0.15) is 5.10 Å². The molecule has 0 atom stereocenters. The summed E-state index contributed by atoms with van der Waals surface area (Å²) in [7, 11) is 1.86. The van der Waals surface area contributed by atoms with Gasteiger partial charge in [-0.15, -0.1) is 0 Å². The van der Waals surface area contributed by atoms with Crippen LogP contribution in [0.1, 0.15) is 0 Å².